The van der Waals surface area contributed by atoms with Crippen molar-refractivity contribution in [3.63, 3.8) is 0 Å². The maximum atomic E-state index is 12.0. The van der Waals surface area contributed by atoms with Gasteiger partial charge in [0.1, 0.15) is 12.3 Å². The van der Waals surface area contributed by atoms with E-state index in [4.69, 9.17) is 16.4 Å². The number of hydrogen-bond acceptors (Lipinski definition) is 4. The predicted molar refractivity (Wildman–Crippen MR) is 118 cm³/mol. The maximum Gasteiger partial charge on any atom is 0.315 e. The van der Waals surface area contributed by atoms with Gasteiger partial charge >= 0.3 is 6.03 Å². The number of pyridine rings is 1. The lowest BCUT2D eigenvalue weighted by molar-refractivity contribution is 0.146. The van der Waals surface area contributed by atoms with Crippen molar-refractivity contribution in [2.75, 3.05) is 13.2 Å². The number of hydrogen-bond donors (Lipinski definition) is 2. The summed E-state index contributed by atoms with van der Waals surface area (Å²) in [5, 5.41) is 11.0. The van der Waals surface area contributed by atoms with Crippen molar-refractivity contribution < 1.29 is 9.63 Å². The van der Waals surface area contributed by atoms with E-state index in [1.54, 1.807) is 6.20 Å². The van der Waals surface area contributed by atoms with Crippen molar-refractivity contribution in [2.45, 2.75) is 51.0 Å². The van der Waals surface area contributed by atoms with Gasteiger partial charge in [-0.25, -0.2) is 4.79 Å². The number of rotatable bonds is 5. The molecule has 1 aromatic heterocycles. The molecule has 30 heavy (non-hydrogen) atoms. The molecule has 158 valence electrons. The molecular formula is C23H27ClN4O2. The fraction of sp³-hybridized carbons (Fsp3) is 0.435. The summed E-state index contributed by atoms with van der Waals surface area (Å²) in [7, 11) is 0. The number of aryl methyl sites for hydroxylation is 2. The first-order valence-corrected chi connectivity index (χ1v) is 11.1. The second-order valence-corrected chi connectivity index (χ2v) is 8.26. The van der Waals surface area contributed by atoms with E-state index in [9.17, 15) is 4.79 Å². The molecule has 1 fully saturated rings. The summed E-state index contributed by atoms with van der Waals surface area (Å²) in [6.45, 7) is 0.671. The van der Waals surface area contributed by atoms with Gasteiger partial charge in [0.2, 0.25) is 0 Å². The lowest BCUT2D eigenvalue weighted by Gasteiger charge is -2.22. The molecule has 0 unspecified atom stereocenters. The molecule has 2 amide bonds. The smallest absolute Gasteiger partial charge is 0.315 e. The van der Waals surface area contributed by atoms with Crippen LogP contribution in [0.5, 0.6) is 0 Å². The number of fused-ring (bicyclic) bond motifs is 2. The van der Waals surface area contributed by atoms with E-state index in [0.29, 0.717) is 17.3 Å². The maximum absolute atomic E-state index is 12.0. The zero-order valence-corrected chi connectivity index (χ0v) is 17.8. The summed E-state index contributed by atoms with van der Waals surface area (Å²) in [6.07, 6.45) is 9.28. The summed E-state index contributed by atoms with van der Waals surface area (Å²) in [5.74, 6) is 0. The molecule has 0 saturated heterocycles. The lowest BCUT2D eigenvalue weighted by Crippen LogP contribution is -2.43. The van der Waals surface area contributed by atoms with Crippen LogP contribution < -0.4 is 10.6 Å². The molecule has 1 aromatic carbocycles. The minimum absolute atomic E-state index is 0.139. The van der Waals surface area contributed by atoms with Crippen LogP contribution in [0.4, 0.5) is 4.79 Å². The van der Waals surface area contributed by atoms with E-state index in [0.717, 1.165) is 48.1 Å². The Kier molecular flexibility index (Phi) is 6.84. The van der Waals surface area contributed by atoms with Gasteiger partial charge in [-0.3, -0.25) is 4.98 Å². The third-order valence-corrected chi connectivity index (χ3v) is 5.91. The standard InChI is InChI=1S/C23H27ClN4O2/c24-18-10-11-20-17(15-18)9-8-16-5-4-12-25-21(16)22(20)28-30-14-13-26-23(29)27-19-6-2-1-3-7-19/h4-5,10-12,15,19H,1-3,6-9,13-14H2,(H2,26,27,29)/b28-22+. The molecular weight excluding hydrogens is 400 g/mol. The summed E-state index contributed by atoms with van der Waals surface area (Å²) in [4.78, 5) is 22.2. The normalized spacial score (nSPS) is 17.6. The van der Waals surface area contributed by atoms with Gasteiger partial charge < -0.3 is 15.5 Å². The Hall–Kier alpha value is -2.60. The van der Waals surface area contributed by atoms with Crippen LogP contribution in [-0.4, -0.2) is 35.9 Å². The number of benzene rings is 1. The molecule has 7 heteroatoms. The highest BCUT2D eigenvalue weighted by atomic mass is 35.5. The summed E-state index contributed by atoms with van der Waals surface area (Å²) in [6, 6.07) is 9.98. The fourth-order valence-corrected chi connectivity index (χ4v) is 4.34. The van der Waals surface area contributed by atoms with E-state index in [-0.39, 0.29) is 18.7 Å². The van der Waals surface area contributed by atoms with Crippen LogP contribution in [-0.2, 0) is 17.7 Å². The van der Waals surface area contributed by atoms with Crippen LogP contribution in [0.3, 0.4) is 0 Å². The number of urea groups is 1. The number of carbonyl (C=O) groups is 1. The Morgan fingerprint density at radius 1 is 1.17 bits per heavy atom. The lowest BCUT2D eigenvalue weighted by atomic mass is 9.96. The van der Waals surface area contributed by atoms with E-state index in [1.807, 2.05) is 24.3 Å². The van der Waals surface area contributed by atoms with Crippen LogP contribution in [0.2, 0.25) is 5.02 Å². The SMILES string of the molecule is O=C(NCCO/N=C1\c2ccc(Cl)cc2CCc2cccnc21)NC1CCCCC1. The number of amides is 2. The second kappa shape index (κ2) is 9.94. The van der Waals surface area contributed by atoms with E-state index < -0.39 is 0 Å². The minimum Gasteiger partial charge on any atom is -0.393 e. The Labute approximate surface area is 182 Å². The van der Waals surface area contributed by atoms with Gasteiger partial charge in [-0.1, -0.05) is 48.2 Å². The van der Waals surface area contributed by atoms with E-state index >= 15 is 0 Å². The number of nitrogens with zero attached hydrogens (tertiary/aromatic N) is 2. The third kappa shape index (κ3) is 5.11. The zero-order chi connectivity index (χ0) is 20.8. The first-order chi connectivity index (χ1) is 14.7. The topological polar surface area (TPSA) is 75.6 Å². The summed E-state index contributed by atoms with van der Waals surface area (Å²) in [5.41, 5.74) is 4.80. The van der Waals surface area contributed by atoms with Gasteiger partial charge in [-0.2, -0.15) is 0 Å². The van der Waals surface area contributed by atoms with E-state index in [2.05, 4.69) is 26.8 Å². The number of nitrogens with one attached hydrogen (secondary N) is 2. The molecule has 6 nitrogen and oxygen atoms in total. The average Bonchev–Trinajstić information content (AvgIpc) is 2.91. The second-order valence-electron chi connectivity index (χ2n) is 7.82. The van der Waals surface area contributed by atoms with Crippen LogP contribution in [0.1, 0.15) is 54.5 Å². The van der Waals surface area contributed by atoms with Crippen LogP contribution >= 0.6 is 11.6 Å². The van der Waals surface area contributed by atoms with Gasteiger partial charge in [0.15, 0.2) is 0 Å². The highest BCUT2D eigenvalue weighted by molar-refractivity contribution is 6.31. The predicted octanol–water partition coefficient (Wildman–Crippen LogP) is 4.23. The molecule has 0 spiro atoms. The van der Waals surface area contributed by atoms with Gasteiger partial charge in [0, 0.05) is 22.8 Å². The van der Waals surface area contributed by atoms with Gasteiger partial charge in [-0.15, -0.1) is 0 Å². The number of halogens is 1. The van der Waals surface area contributed by atoms with E-state index in [1.165, 1.54) is 19.3 Å². The largest absolute Gasteiger partial charge is 0.393 e. The van der Waals surface area contributed by atoms with Crippen molar-refractivity contribution >= 4 is 23.3 Å². The highest BCUT2D eigenvalue weighted by Gasteiger charge is 2.21. The minimum atomic E-state index is -0.139. The number of oxime groups is 1. The highest BCUT2D eigenvalue weighted by Crippen LogP contribution is 2.26. The Morgan fingerprint density at radius 3 is 2.87 bits per heavy atom. The average molecular weight is 427 g/mol. The molecule has 1 heterocycles. The number of aromatic nitrogens is 1. The quantitative estimate of drug-likeness (QED) is 0.554. The number of carbonyl (C=O) groups excluding carboxylic acids is 1. The summed E-state index contributed by atoms with van der Waals surface area (Å²) < 4.78 is 0. The zero-order valence-electron chi connectivity index (χ0n) is 17.0. The first kappa shape index (κ1) is 20.7. The van der Waals surface area contributed by atoms with Crippen molar-refractivity contribution in [1.29, 1.82) is 0 Å². The van der Waals surface area contributed by atoms with Gasteiger partial charge in [0.25, 0.3) is 0 Å². The van der Waals surface area contributed by atoms with Crippen molar-refractivity contribution in [3.05, 3.63) is 63.9 Å². The van der Waals surface area contributed by atoms with Crippen molar-refractivity contribution in [2.24, 2.45) is 5.16 Å². The molecule has 0 radical (unpaired) electrons. The summed E-state index contributed by atoms with van der Waals surface area (Å²) >= 11 is 6.20. The first-order valence-electron chi connectivity index (χ1n) is 10.7. The molecule has 2 aliphatic rings. The third-order valence-electron chi connectivity index (χ3n) is 5.68. The Morgan fingerprint density at radius 2 is 2.00 bits per heavy atom. The van der Waals surface area contributed by atoms with Crippen LogP contribution in [0.25, 0.3) is 0 Å². The van der Waals surface area contributed by atoms with Crippen LogP contribution in [0.15, 0.2) is 41.7 Å². The van der Waals surface area contributed by atoms with Crippen molar-refractivity contribution in [1.82, 2.24) is 15.6 Å². The van der Waals surface area contributed by atoms with Crippen molar-refractivity contribution in [3.8, 4) is 0 Å². The Bertz CT molecular complexity index is 925. The van der Waals surface area contributed by atoms with Gasteiger partial charge in [0.05, 0.1) is 12.2 Å². The molecule has 2 N–H and O–H groups in total. The molecule has 0 atom stereocenters. The molecule has 2 aromatic rings. The van der Waals surface area contributed by atoms with Gasteiger partial charge in [-0.05, 0) is 55.0 Å². The molecule has 2 aliphatic carbocycles. The molecule has 0 aliphatic heterocycles. The fourth-order valence-electron chi connectivity index (χ4n) is 4.15. The monoisotopic (exact) mass is 426 g/mol. The molecule has 4 rings (SSSR count). The molecule has 0 bridgehead atoms. The molecule has 1 saturated carbocycles. The Balaban J connectivity index is 1.38. The van der Waals surface area contributed by atoms with Crippen LogP contribution in [0, 0.1) is 0 Å².